The fourth-order valence-electron chi connectivity index (χ4n) is 4.18. The summed E-state index contributed by atoms with van der Waals surface area (Å²) in [6.45, 7) is 2.75. The van der Waals surface area contributed by atoms with E-state index in [0.717, 1.165) is 0 Å². The van der Waals surface area contributed by atoms with Crippen LogP contribution in [0.25, 0.3) is 0 Å². The summed E-state index contributed by atoms with van der Waals surface area (Å²) in [5.74, 6) is -19.9. The molecule has 7 unspecified atom stereocenters. The third kappa shape index (κ3) is 11.7. The Labute approximate surface area is 211 Å². The zero-order valence-electron chi connectivity index (χ0n) is 20.5. The minimum Gasteiger partial charge on any atom is -0.481 e. The Hall–Kier alpha value is -3.71. The van der Waals surface area contributed by atoms with Gasteiger partial charge in [-0.1, -0.05) is 13.8 Å². The summed E-state index contributed by atoms with van der Waals surface area (Å²) in [6.07, 6.45) is -3.26. The molecule has 14 heteroatoms. The SMILES string of the molecule is CCC(CC(CC(CC(CC(CC(CC(C)C(=O)O)C(=O)O)C(=O)O)C(=O)O)C(=O)O)C(=O)O)C(=O)O. The van der Waals surface area contributed by atoms with Crippen LogP contribution in [0.5, 0.6) is 0 Å². The summed E-state index contributed by atoms with van der Waals surface area (Å²) in [4.78, 5) is 81.1. The summed E-state index contributed by atoms with van der Waals surface area (Å²) in [6, 6.07) is 0. The molecule has 210 valence electrons. The van der Waals surface area contributed by atoms with Crippen molar-refractivity contribution < 1.29 is 69.3 Å². The zero-order chi connectivity index (χ0) is 29.0. The first kappa shape index (κ1) is 33.3. The first-order valence-corrected chi connectivity index (χ1v) is 11.6. The topological polar surface area (TPSA) is 261 Å². The maximum Gasteiger partial charge on any atom is 0.306 e. The van der Waals surface area contributed by atoms with Crippen LogP contribution in [0.4, 0.5) is 0 Å². The predicted octanol–water partition coefficient (Wildman–Crippen LogP) is 1.66. The number of carboxylic acid groups (broad SMARTS) is 7. The number of hydrogen-bond acceptors (Lipinski definition) is 7. The lowest BCUT2D eigenvalue weighted by Crippen LogP contribution is -2.32. The Balaban J connectivity index is 5.80. The van der Waals surface area contributed by atoms with Crippen LogP contribution in [-0.4, -0.2) is 77.5 Å². The zero-order valence-corrected chi connectivity index (χ0v) is 20.5. The molecule has 0 aliphatic carbocycles. The maximum absolute atomic E-state index is 11.9. The van der Waals surface area contributed by atoms with Gasteiger partial charge in [0.05, 0.1) is 41.4 Å². The second kappa shape index (κ2) is 15.4. The van der Waals surface area contributed by atoms with Crippen LogP contribution in [-0.2, 0) is 33.6 Å². The maximum atomic E-state index is 11.9. The molecule has 0 aliphatic rings. The van der Waals surface area contributed by atoms with Gasteiger partial charge in [-0.3, -0.25) is 33.6 Å². The van der Waals surface area contributed by atoms with E-state index in [2.05, 4.69) is 0 Å². The van der Waals surface area contributed by atoms with Crippen LogP contribution in [0.2, 0.25) is 0 Å². The van der Waals surface area contributed by atoms with Crippen LogP contribution < -0.4 is 0 Å². The van der Waals surface area contributed by atoms with Crippen molar-refractivity contribution in [2.75, 3.05) is 0 Å². The van der Waals surface area contributed by atoms with Crippen LogP contribution >= 0.6 is 0 Å². The van der Waals surface area contributed by atoms with Gasteiger partial charge in [-0.05, 0) is 44.9 Å². The standard InChI is InChI=1S/C23H34O14/c1-3-11(18(26)27)5-13(20(30)31)7-15(22(34)35)9-16(23(36)37)8-14(21(32)33)6-12(19(28)29)4-10(2)17(24)25/h10-16H,3-9H2,1-2H3,(H,24,25)(H,26,27)(H,28,29)(H,30,31)(H,32,33)(H,34,35)(H,36,37). The van der Waals surface area contributed by atoms with E-state index in [9.17, 15) is 64.2 Å². The van der Waals surface area contributed by atoms with Gasteiger partial charge in [0.1, 0.15) is 0 Å². The molecule has 0 aromatic carbocycles. The smallest absolute Gasteiger partial charge is 0.306 e. The van der Waals surface area contributed by atoms with Crippen molar-refractivity contribution in [3.63, 3.8) is 0 Å². The minimum absolute atomic E-state index is 0.0835. The molecule has 0 radical (unpaired) electrons. The normalized spacial score (nSPS) is 16.8. The van der Waals surface area contributed by atoms with E-state index in [1.165, 1.54) is 13.8 Å². The quantitative estimate of drug-likeness (QED) is 0.117. The molecule has 0 amide bonds. The Kier molecular flexibility index (Phi) is 13.9. The van der Waals surface area contributed by atoms with Gasteiger partial charge < -0.3 is 35.7 Å². The van der Waals surface area contributed by atoms with Crippen LogP contribution in [0.15, 0.2) is 0 Å². The third-order valence-corrected chi connectivity index (χ3v) is 6.49. The number of aliphatic carboxylic acids is 7. The monoisotopic (exact) mass is 534 g/mol. The molecular formula is C23H34O14. The molecule has 0 fully saturated rings. The van der Waals surface area contributed by atoms with E-state index >= 15 is 0 Å². The largest absolute Gasteiger partial charge is 0.481 e. The van der Waals surface area contributed by atoms with Crippen LogP contribution in [0.3, 0.4) is 0 Å². The first-order chi connectivity index (χ1) is 17.0. The van der Waals surface area contributed by atoms with E-state index in [1.807, 2.05) is 0 Å². The lowest BCUT2D eigenvalue weighted by atomic mass is 9.78. The number of carboxylic acids is 7. The lowest BCUT2D eigenvalue weighted by molar-refractivity contribution is -0.150. The Morgan fingerprint density at radius 3 is 0.811 bits per heavy atom. The molecule has 0 rings (SSSR count). The minimum atomic E-state index is -1.61. The molecule has 0 saturated carbocycles. The van der Waals surface area contributed by atoms with Crippen molar-refractivity contribution in [2.24, 2.45) is 41.4 Å². The molecule has 14 nitrogen and oxygen atoms in total. The van der Waals surface area contributed by atoms with Gasteiger partial charge in [0.25, 0.3) is 0 Å². The van der Waals surface area contributed by atoms with E-state index < -0.39 is 115 Å². The highest BCUT2D eigenvalue weighted by Gasteiger charge is 2.37. The molecular weight excluding hydrogens is 500 g/mol. The lowest BCUT2D eigenvalue weighted by Gasteiger charge is -2.25. The summed E-state index contributed by atoms with van der Waals surface area (Å²) < 4.78 is 0. The van der Waals surface area contributed by atoms with E-state index in [-0.39, 0.29) is 12.8 Å². The van der Waals surface area contributed by atoms with E-state index in [0.29, 0.717) is 0 Å². The summed E-state index contributed by atoms with van der Waals surface area (Å²) in [5.41, 5.74) is 0. The van der Waals surface area contributed by atoms with Gasteiger partial charge in [-0.15, -0.1) is 0 Å². The van der Waals surface area contributed by atoms with Gasteiger partial charge in [0.15, 0.2) is 0 Å². The highest BCUT2D eigenvalue weighted by molar-refractivity contribution is 5.78. The summed E-state index contributed by atoms with van der Waals surface area (Å²) in [5, 5.41) is 65.9. The molecule has 0 spiro atoms. The molecule has 37 heavy (non-hydrogen) atoms. The van der Waals surface area contributed by atoms with Gasteiger partial charge >= 0.3 is 41.8 Å². The van der Waals surface area contributed by atoms with Crippen molar-refractivity contribution in [1.29, 1.82) is 0 Å². The third-order valence-electron chi connectivity index (χ3n) is 6.49. The average molecular weight is 535 g/mol. The molecule has 7 atom stereocenters. The molecule has 0 aromatic rings. The van der Waals surface area contributed by atoms with Crippen molar-refractivity contribution in [3.05, 3.63) is 0 Å². The number of carbonyl (C=O) groups is 7. The van der Waals surface area contributed by atoms with Gasteiger partial charge in [-0.2, -0.15) is 0 Å². The van der Waals surface area contributed by atoms with E-state index in [4.69, 9.17) is 5.11 Å². The average Bonchev–Trinajstić information content (AvgIpc) is 2.77. The van der Waals surface area contributed by atoms with Crippen molar-refractivity contribution in [1.82, 2.24) is 0 Å². The summed E-state index contributed by atoms with van der Waals surface area (Å²) >= 11 is 0. The first-order valence-electron chi connectivity index (χ1n) is 11.6. The fourth-order valence-corrected chi connectivity index (χ4v) is 4.18. The molecule has 0 aromatic heterocycles. The fraction of sp³-hybridized carbons (Fsp3) is 0.696. The Bertz CT molecular complexity index is 866. The van der Waals surface area contributed by atoms with Gasteiger partial charge in [0, 0.05) is 0 Å². The van der Waals surface area contributed by atoms with Gasteiger partial charge in [-0.25, -0.2) is 0 Å². The molecule has 0 bridgehead atoms. The number of hydrogen-bond donors (Lipinski definition) is 7. The summed E-state index contributed by atoms with van der Waals surface area (Å²) in [7, 11) is 0. The van der Waals surface area contributed by atoms with Crippen molar-refractivity contribution in [2.45, 2.75) is 58.8 Å². The molecule has 0 aliphatic heterocycles. The number of rotatable bonds is 20. The predicted molar refractivity (Wildman–Crippen MR) is 122 cm³/mol. The molecule has 0 heterocycles. The van der Waals surface area contributed by atoms with Crippen LogP contribution in [0.1, 0.15) is 58.8 Å². The molecule has 7 N–H and O–H groups in total. The van der Waals surface area contributed by atoms with E-state index in [1.54, 1.807) is 0 Å². The molecule has 0 saturated heterocycles. The van der Waals surface area contributed by atoms with Gasteiger partial charge in [0.2, 0.25) is 0 Å². The highest BCUT2D eigenvalue weighted by Crippen LogP contribution is 2.32. The van der Waals surface area contributed by atoms with Crippen molar-refractivity contribution >= 4 is 41.8 Å². The van der Waals surface area contributed by atoms with Crippen LogP contribution in [0, 0.1) is 41.4 Å². The Morgan fingerprint density at radius 1 is 0.405 bits per heavy atom. The Morgan fingerprint density at radius 2 is 0.622 bits per heavy atom. The van der Waals surface area contributed by atoms with Crippen molar-refractivity contribution in [3.8, 4) is 0 Å². The highest BCUT2D eigenvalue weighted by atomic mass is 16.4. The second-order valence-electron chi connectivity index (χ2n) is 9.27. The second-order valence-corrected chi connectivity index (χ2v) is 9.27.